The van der Waals surface area contributed by atoms with Crippen molar-refractivity contribution in [3.05, 3.63) is 57.9 Å². The van der Waals surface area contributed by atoms with E-state index in [1.807, 2.05) is 17.6 Å². The van der Waals surface area contributed by atoms with Crippen molar-refractivity contribution in [2.75, 3.05) is 13.1 Å². The summed E-state index contributed by atoms with van der Waals surface area (Å²) in [6, 6.07) is 9.84. The molecule has 0 bridgehead atoms. The first kappa shape index (κ1) is 17.2. The Morgan fingerprint density at radius 2 is 2.00 bits per heavy atom. The second-order valence-corrected chi connectivity index (χ2v) is 6.71. The molecule has 0 aliphatic carbocycles. The zero-order chi connectivity index (χ0) is 17.6. The highest BCUT2D eigenvalue weighted by atomic mass is 32.1. The van der Waals surface area contributed by atoms with E-state index in [1.54, 1.807) is 6.07 Å². The molecular weight excluding hydrogens is 334 g/mol. The van der Waals surface area contributed by atoms with Gasteiger partial charge in [0, 0.05) is 23.6 Å². The number of carbonyl (C=O) groups excluding carboxylic acids is 2. The maximum atomic E-state index is 11.9. The number of carbonyl (C=O) groups is 2. The summed E-state index contributed by atoms with van der Waals surface area (Å²) in [6.45, 7) is 2.67. The van der Waals surface area contributed by atoms with Crippen LogP contribution in [-0.4, -0.2) is 29.9 Å². The second kappa shape index (κ2) is 7.98. The van der Waals surface area contributed by atoms with Crippen molar-refractivity contribution in [1.82, 2.24) is 15.6 Å². The molecule has 2 aromatic heterocycles. The largest absolute Gasteiger partial charge is 0.361 e. The summed E-state index contributed by atoms with van der Waals surface area (Å²) in [4.78, 5) is 27.6. The van der Waals surface area contributed by atoms with Crippen LogP contribution in [0.1, 0.15) is 27.7 Å². The molecule has 0 saturated heterocycles. The number of hydrogen-bond donors (Lipinski definition) is 3. The Labute approximate surface area is 150 Å². The Balaban J connectivity index is 1.48. The molecule has 0 saturated carbocycles. The van der Waals surface area contributed by atoms with Crippen LogP contribution in [0.4, 0.5) is 0 Å². The van der Waals surface area contributed by atoms with Gasteiger partial charge in [0.2, 0.25) is 5.91 Å². The van der Waals surface area contributed by atoms with Gasteiger partial charge in [-0.15, -0.1) is 11.3 Å². The van der Waals surface area contributed by atoms with E-state index in [4.69, 9.17) is 0 Å². The van der Waals surface area contributed by atoms with Crippen LogP contribution >= 0.6 is 11.3 Å². The highest BCUT2D eigenvalue weighted by molar-refractivity contribution is 7.12. The highest BCUT2D eigenvalue weighted by Gasteiger charge is 2.09. The standard InChI is InChI=1S/C19H21N3O2S/c1-2-13-5-3-6-15-14(11-21-18(13)15)8-9-20-17(23)12-22-19(24)16-7-4-10-25-16/h3-7,10-11,21H,2,8-9,12H2,1H3,(H,20,23)(H,22,24). The van der Waals surface area contributed by atoms with Crippen molar-refractivity contribution in [3.8, 4) is 0 Å². The van der Waals surface area contributed by atoms with Gasteiger partial charge in [-0.25, -0.2) is 0 Å². The lowest BCUT2D eigenvalue weighted by Gasteiger charge is -2.06. The Morgan fingerprint density at radius 1 is 1.12 bits per heavy atom. The lowest BCUT2D eigenvalue weighted by Crippen LogP contribution is -2.37. The van der Waals surface area contributed by atoms with E-state index in [0.29, 0.717) is 11.4 Å². The molecule has 0 unspecified atom stereocenters. The van der Waals surface area contributed by atoms with Crippen LogP contribution in [0.3, 0.4) is 0 Å². The molecule has 3 N–H and O–H groups in total. The summed E-state index contributed by atoms with van der Waals surface area (Å²) in [5.74, 6) is -0.395. The summed E-state index contributed by atoms with van der Waals surface area (Å²) in [7, 11) is 0. The average molecular weight is 355 g/mol. The molecule has 3 rings (SSSR count). The van der Waals surface area contributed by atoms with E-state index in [9.17, 15) is 9.59 Å². The topological polar surface area (TPSA) is 74.0 Å². The molecule has 3 aromatic rings. The number of amides is 2. The van der Waals surface area contributed by atoms with Crippen LogP contribution in [0, 0.1) is 0 Å². The van der Waals surface area contributed by atoms with Gasteiger partial charge in [0.15, 0.2) is 0 Å². The number of benzene rings is 1. The second-order valence-electron chi connectivity index (χ2n) is 5.77. The quantitative estimate of drug-likeness (QED) is 0.610. The van der Waals surface area contributed by atoms with Crippen LogP contribution in [0.25, 0.3) is 10.9 Å². The van der Waals surface area contributed by atoms with Crippen LogP contribution in [0.2, 0.25) is 0 Å². The van der Waals surface area contributed by atoms with E-state index < -0.39 is 0 Å². The van der Waals surface area contributed by atoms with E-state index in [1.165, 1.54) is 33.4 Å². The first-order valence-electron chi connectivity index (χ1n) is 8.35. The number of para-hydroxylation sites is 1. The molecule has 0 radical (unpaired) electrons. The predicted molar refractivity (Wildman–Crippen MR) is 101 cm³/mol. The monoisotopic (exact) mass is 355 g/mol. The first-order chi connectivity index (χ1) is 12.2. The fraction of sp³-hybridized carbons (Fsp3) is 0.263. The molecule has 5 nitrogen and oxygen atoms in total. The average Bonchev–Trinajstić information content (AvgIpc) is 3.29. The third-order valence-electron chi connectivity index (χ3n) is 4.14. The van der Waals surface area contributed by atoms with E-state index in [-0.39, 0.29) is 18.4 Å². The molecule has 6 heteroatoms. The molecule has 130 valence electrons. The van der Waals surface area contributed by atoms with Crippen molar-refractivity contribution in [2.24, 2.45) is 0 Å². The normalized spacial score (nSPS) is 10.8. The van der Waals surface area contributed by atoms with Gasteiger partial charge in [0.05, 0.1) is 11.4 Å². The van der Waals surface area contributed by atoms with Gasteiger partial charge in [0.1, 0.15) is 0 Å². The number of H-pyrrole nitrogens is 1. The molecule has 2 heterocycles. The van der Waals surface area contributed by atoms with Gasteiger partial charge in [0.25, 0.3) is 5.91 Å². The van der Waals surface area contributed by atoms with Gasteiger partial charge in [-0.05, 0) is 35.4 Å². The van der Waals surface area contributed by atoms with Crippen LogP contribution in [-0.2, 0) is 17.6 Å². The number of fused-ring (bicyclic) bond motifs is 1. The molecule has 0 fully saturated rings. The zero-order valence-electron chi connectivity index (χ0n) is 14.1. The number of aromatic amines is 1. The molecule has 0 spiro atoms. The summed E-state index contributed by atoms with van der Waals surface area (Å²) in [6.07, 6.45) is 3.74. The van der Waals surface area contributed by atoms with Crippen molar-refractivity contribution in [2.45, 2.75) is 19.8 Å². The van der Waals surface area contributed by atoms with Gasteiger partial charge in [-0.2, -0.15) is 0 Å². The number of aryl methyl sites for hydroxylation is 1. The number of rotatable bonds is 7. The molecule has 0 atom stereocenters. The Hall–Kier alpha value is -2.60. The van der Waals surface area contributed by atoms with Gasteiger partial charge >= 0.3 is 0 Å². The molecule has 0 aliphatic rings. The molecular formula is C19H21N3O2S. The first-order valence-corrected chi connectivity index (χ1v) is 9.23. The van der Waals surface area contributed by atoms with Crippen LogP contribution < -0.4 is 10.6 Å². The van der Waals surface area contributed by atoms with Crippen molar-refractivity contribution < 1.29 is 9.59 Å². The fourth-order valence-corrected chi connectivity index (χ4v) is 3.47. The van der Waals surface area contributed by atoms with Gasteiger partial charge < -0.3 is 15.6 Å². The smallest absolute Gasteiger partial charge is 0.261 e. The van der Waals surface area contributed by atoms with Crippen LogP contribution in [0.5, 0.6) is 0 Å². The minimum atomic E-state index is -0.214. The summed E-state index contributed by atoms with van der Waals surface area (Å²) in [5, 5.41) is 8.52. The zero-order valence-corrected chi connectivity index (χ0v) is 14.9. The number of nitrogens with one attached hydrogen (secondary N) is 3. The maximum absolute atomic E-state index is 11.9. The minimum absolute atomic E-state index is 0.00932. The minimum Gasteiger partial charge on any atom is -0.361 e. The molecule has 25 heavy (non-hydrogen) atoms. The predicted octanol–water partition coefficient (Wildman–Crippen LogP) is 2.88. The Bertz CT molecular complexity index is 868. The van der Waals surface area contributed by atoms with E-state index in [2.05, 4.69) is 40.7 Å². The van der Waals surface area contributed by atoms with E-state index in [0.717, 1.165) is 12.8 Å². The van der Waals surface area contributed by atoms with Gasteiger partial charge in [-0.3, -0.25) is 9.59 Å². The summed E-state index contributed by atoms with van der Waals surface area (Å²) >= 11 is 1.36. The fourth-order valence-electron chi connectivity index (χ4n) is 2.83. The maximum Gasteiger partial charge on any atom is 0.261 e. The van der Waals surface area contributed by atoms with Gasteiger partial charge in [-0.1, -0.05) is 31.2 Å². The number of hydrogen-bond acceptors (Lipinski definition) is 3. The number of aromatic nitrogens is 1. The number of thiophene rings is 1. The lowest BCUT2D eigenvalue weighted by atomic mass is 10.1. The lowest BCUT2D eigenvalue weighted by molar-refractivity contribution is -0.120. The molecule has 2 amide bonds. The summed E-state index contributed by atoms with van der Waals surface area (Å²) < 4.78 is 0. The SMILES string of the molecule is CCc1cccc2c(CCNC(=O)CNC(=O)c3cccs3)c[nH]c12. The third kappa shape index (κ3) is 4.09. The van der Waals surface area contributed by atoms with Crippen LogP contribution in [0.15, 0.2) is 41.9 Å². The Morgan fingerprint density at radius 3 is 2.76 bits per heavy atom. The highest BCUT2D eigenvalue weighted by Crippen LogP contribution is 2.22. The molecule has 1 aromatic carbocycles. The summed E-state index contributed by atoms with van der Waals surface area (Å²) in [5.41, 5.74) is 3.66. The molecule has 0 aliphatic heterocycles. The van der Waals surface area contributed by atoms with Crippen molar-refractivity contribution in [3.63, 3.8) is 0 Å². The Kier molecular flexibility index (Phi) is 5.50. The van der Waals surface area contributed by atoms with Crippen molar-refractivity contribution >= 4 is 34.1 Å². The van der Waals surface area contributed by atoms with Crippen molar-refractivity contribution in [1.29, 1.82) is 0 Å². The third-order valence-corrected chi connectivity index (χ3v) is 5.01. The van der Waals surface area contributed by atoms with E-state index >= 15 is 0 Å².